The molecule has 4 N–H and O–H groups in total. The van der Waals surface area contributed by atoms with Gasteiger partial charge in [0.05, 0.1) is 16.8 Å². The van der Waals surface area contributed by atoms with E-state index in [2.05, 4.69) is 13.8 Å². The number of hydrogen-bond donors (Lipinski definition) is 3. The van der Waals surface area contributed by atoms with Crippen LogP contribution in [-0.2, 0) is 12.8 Å². The number of aromatic carboxylic acids is 2. The zero-order valence-electron chi connectivity index (χ0n) is 14.0. The van der Waals surface area contributed by atoms with Crippen LogP contribution in [0.5, 0.6) is 0 Å². The molecule has 0 fully saturated rings. The predicted molar refractivity (Wildman–Crippen MR) is 91.2 cm³/mol. The molecule has 5 nitrogen and oxygen atoms in total. The van der Waals surface area contributed by atoms with Gasteiger partial charge < -0.3 is 15.9 Å². The first-order valence-electron chi connectivity index (χ1n) is 8.34. The van der Waals surface area contributed by atoms with Crippen LogP contribution in [0.3, 0.4) is 0 Å². The Balaban J connectivity index is 3.31. The van der Waals surface area contributed by atoms with E-state index < -0.39 is 11.9 Å². The van der Waals surface area contributed by atoms with Crippen LogP contribution >= 0.6 is 0 Å². The van der Waals surface area contributed by atoms with E-state index in [4.69, 9.17) is 5.73 Å². The minimum absolute atomic E-state index is 0.0811. The average Bonchev–Trinajstić information content (AvgIpc) is 2.48. The smallest absolute Gasteiger partial charge is 0.338 e. The van der Waals surface area contributed by atoms with Crippen LogP contribution in [0.1, 0.15) is 84.2 Å². The molecule has 128 valence electrons. The van der Waals surface area contributed by atoms with Crippen molar-refractivity contribution in [2.75, 3.05) is 5.73 Å². The Kier molecular flexibility index (Phi) is 7.59. The molecule has 0 saturated heterocycles. The molecule has 0 atom stereocenters. The highest BCUT2D eigenvalue weighted by Gasteiger charge is 2.23. The fourth-order valence-electron chi connectivity index (χ4n) is 2.83. The average molecular weight is 321 g/mol. The Morgan fingerprint density at radius 3 is 2.00 bits per heavy atom. The van der Waals surface area contributed by atoms with E-state index in [1.165, 1.54) is 6.07 Å². The summed E-state index contributed by atoms with van der Waals surface area (Å²) < 4.78 is 0. The van der Waals surface area contributed by atoms with Crippen LogP contribution < -0.4 is 5.73 Å². The summed E-state index contributed by atoms with van der Waals surface area (Å²) in [5.74, 6) is -2.13. The Morgan fingerprint density at radius 2 is 1.52 bits per heavy atom. The highest BCUT2D eigenvalue weighted by molar-refractivity contribution is 6.00. The number of benzene rings is 1. The molecule has 23 heavy (non-hydrogen) atoms. The van der Waals surface area contributed by atoms with Crippen molar-refractivity contribution in [3.8, 4) is 0 Å². The molecule has 0 aliphatic rings. The van der Waals surface area contributed by atoms with Crippen LogP contribution in [0.2, 0.25) is 0 Å². The monoisotopic (exact) mass is 321 g/mol. The predicted octanol–water partition coefficient (Wildman–Crippen LogP) is 4.13. The van der Waals surface area contributed by atoms with E-state index in [1.54, 1.807) is 0 Å². The van der Waals surface area contributed by atoms with Gasteiger partial charge in [-0.25, -0.2) is 9.59 Å². The van der Waals surface area contributed by atoms with E-state index in [0.29, 0.717) is 24.0 Å². The summed E-state index contributed by atoms with van der Waals surface area (Å²) in [7, 11) is 0. The molecule has 1 rings (SSSR count). The molecule has 1 aromatic carbocycles. The molecule has 0 aromatic heterocycles. The number of aryl methyl sites for hydroxylation is 1. The minimum Gasteiger partial charge on any atom is -0.478 e. The molecule has 0 aliphatic carbocycles. The van der Waals surface area contributed by atoms with Crippen molar-refractivity contribution in [3.63, 3.8) is 0 Å². The van der Waals surface area contributed by atoms with E-state index in [1.807, 2.05) is 0 Å². The van der Waals surface area contributed by atoms with Crippen molar-refractivity contribution in [1.29, 1.82) is 0 Å². The van der Waals surface area contributed by atoms with Crippen molar-refractivity contribution >= 4 is 17.6 Å². The van der Waals surface area contributed by atoms with Crippen LogP contribution in [0.25, 0.3) is 0 Å². The lowest BCUT2D eigenvalue weighted by Crippen LogP contribution is -2.15. The molecule has 0 heterocycles. The maximum Gasteiger partial charge on any atom is 0.338 e. The van der Waals surface area contributed by atoms with E-state index in [-0.39, 0.29) is 16.8 Å². The van der Waals surface area contributed by atoms with Gasteiger partial charge in [-0.05, 0) is 42.9 Å². The van der Waals surface area contributed by atoms with Crippen LogP contribution in [0, 0.1) is 0 Å². The zero-order valence-corrected chi connectivity index (χ0v) is 14.0. The molecule has 0 saturated carbocycles. The zero-order chi connectivity index (χ0) is 17.4. The Bertz CT molecular complexity index is 567. The summed E-state index contributed by atoms with van der Waals surface area (Å²) in [6.07, 6.45) is 6.60. The summed E-state index contributed by atoms with van der Waals surface area (Å²) in [4.78, 5) is 23.2. The Labute approximate surface area is 137 Å². The van der Waals surface area contributed by atoms with Gasteiger partial charge in [-0.2, -0.15) is 0 Å². The fourth-order valence-corrected chi connectivity index (χ4v) is 2.83. The lowest BCUT2D eigenvalue weighted by Gasteiger charge is -2.16. The van der Waals surface area contributed by atoms with Crippen molar-refractivity contribution in [3.05, 3.63) is 28.3 Å². The van der Waals surface area contributed by atoms with Crippen LogP contribution in [0.4, 0.5) is 5.69 Å². The number of unbranched alkanes of at least 4 members (excludes halogenated alkanes) is 4. The standard InChI is InChI=1S/C18H27NO4/c1-3-5-7-9-12-11-14(17(20)21)13(10-8-6-4-2)16(19)15(12)18(22)23/h11H,3-10,19H2,1-2H3,(H,20,21)(H,22,23). The molecule has 0 radical (unpaired) electrons. The number of carbonyl (C=O) groups is 2. The summed E-state index contributed by atoms with van der Waals surface area (Å²) in [6, 6.07) is 1.51. The molecule has 0 bridgehead atoms. The number of nitrogens with two attached hydrogens (primary N) is 1. The number of rotatable bonds is 10. The third-order valence-corrected chi connectivity index (χ3v) is 4.08. The highest BCUT2D eigenvalue weighted by Crippen LogP contribution is 2.29. The minimum atomic E-state index is -1.08. The quantitative estimate of drug-likeness (QED) is 0.444. The highest BCUT2D eigenvalue weighted by atomic mass is 16.4. The van der Waals surface area contributed by atoms with Gasteiger partial charge in [0.15, 0.2) is 0 Å². The number of anilines is 1. The maximum atomic E-state index is 11.6. The Morgan fingerprint density at radius 1 is 0.957 bits per heavy atom. The molecule has 5 heteroatoms. The summed E-state index contributed by atoms with van der Waals surface area (Å²) in [5.41, 5.74) is 7.41. The number of carboxylic acids is 2. The molecular formula is C18H27NO4. The molecular weight excluding hydrogens is 294 g/mol. The van der Waals surface area contributed by atoms with Gasteiger partial charge in [0, 0.05) is 0 Å². The summed E-state index contributed by atoms with van der Waals surface area (Å²) in [5, 5.41) is 19.0. The second kappa shape index (κ2) is 9.18. The SMILES string of the molecule is CCCCCc1cc(C(=O)O)c(CCCCC)c(N)c1C(=O)O. The Hall–Kier alpha value is -2.04. The lowest BCUT2D eigenvalue weighted by atomic mass is 9.90. The third kappa shape index (κ3) is 4.98. The fraction of sp³-hybridized carbons (Fsp3) is 0.556. The topological polar surface area (TPSA) is 101 Å². The van der Waals surface area contributed by atoms with E-state index >= 15 is 0 Å². The first-order valence-corrected chi connectivity index (χ1v) is 8.34. The van der Waals surface area contributed by atoms with Gasteiger partial charge in [0.1, 0.15) is 0 Å². The second-order valence-corrected chi connectivity index (χ2v) is 5.87. The van der Waals surface area contributed by atoms with Gasteiger partial charge in [0.2, 0.25) is 0 Å². The summed E-state index contributed by atoms with van der Waals surface area (Å²) >= 11 is 0. The number of nitrogen functional groups attached to an aromatic ring is 1. The molecule has 0 aliphatic heterocycles. The summed E-state index contributed by atoms with van der Waals surface area (Å²) in [6.45, 7) is 4.12. The van der Waals surface area contributed by atoms with Crippen molar-refractivity contribution in [1.82, 2.24) is 0 Å². The number of hydrogen-bond acceptors (Lipinski definition) is 3. The van der Waals surface area contributed by atoms with Gasteiger partial charge in [-0.15, -0.1) is 0 Å². The molecule has 0 spiro atoms. The third-order valence-electron chi connectivity index (χ3n) is 4.08. The first kappa shape index (κ1) is 19.0. The normalized spacial score (nSPS) is 10.7. The van der Waals surface area contributed by atoms with E-state index in [9.17, 15) is 19.8 Å². The van der Waals surface area contributed by atoms with Crippen LogP contribution in [-0.4, -0.2) is 22.2 Å². The van der Waals surface area contributed by atoms with Crippen molar-refractivity contribution in [2.24, 2.45) is 0 Å². The molecule has 1 aromatic rings. The van der Waals surface area contributed by atoms with Gasteiger partial charge in [-0.1, -0.05) is 39.5 Å². The molecule has 0 amide bonds. The van der Waals surface area contributed by atoms with Gasteiger partial charge >= 0.3 is 11.9 Å². The van der Waals surface area contributed by atoms with Crippen molar-refractivity contribution in [2.45, 2.75) is 65.2 Å². The van der Waals surface area contributed by atoms with Gasteiger partial charge in [-0.3, -0.25) is 0 Å². The molecule has 0 unspecified atom stereocenters. The maximum absolute atomic E-state index is 11.6. The largest absolute Gasteiger partial charge is 0.478 e. The van der Waals surface area contributed by atoms with E-state index in [0.717, 1.165) is 38.5 Å². The lowest BCUT2D eigenvalue weighted by molar-refractivity contribution is 0.0680. The van der Waals surface area contributed by atoms with Crippen molar-refractivity contribution < 1.29 is 19.8 Å². The first-order chi connectivity index (χ1) is 10.9. The number of carboxylic acid groups (broad SMARTS) is 2. The van der Waals surface area contributed by atoms with Crippen LogP contribution in [0.15, 0.2) is 6.07 Å². The van der Waals surface area contributed by atoms with Gasteiger partial charge in [0.25, 0.3) is 0 Å². The second-order valence-electron chi connectivity index (χ2n) is 5.87.